The summed E-state index contributed by atoms with van der Waals surface area (Å²) < 4.78 is 12.6. The minimum atomic E-state index is -0.218. The Bertz CT molecular complexity index is 451. The van der Waals surface area contributed by atoms with Crippen molar-refractivity contribution in [1.29, 1.82) is 0 Å². The lowest BCUT2D eigenvalue weighted by Gasteiger charge is -2.55. The van der Waals surface area contributed by atoms with Crippen molar-refractivity contribution in [2.45, 2.75) is 80.6 Å². The van der Waals surface area contributed by atoms with Gasteiger partial charge in [-0.1, -0.05) is 29.8 Å². The number of halogens is 2. The smallest absolute Gasteiger partial charge is 0.101 e. The van der Waals surface area contributed by atoms with Gasteiger partial charge >= 0.3 is 0 Å². The molecule has 2 saturated heterocycles. The van der Waals surface area contributed by atoms with E-state index in [9.17, 15) is 0 Å². The zero-order chi connectivity index (χ0) is 13.8. The van der Waals surface area contributed by atoms with E-state index in [0.29, 0.717) is 17.0 Å². The van der Waals surface area contributed by atoms with Gasteiger partial charge in [0.1, 0.15) is 5.60 Å². The first kappa shape index (κ1) is 13.4. The minimum Gasteiger partial charge on any atom is -0.374 e. The fourth-order valence-electron chi connectivity index (χ4n) is 5.42. The molecule has 0 radical (unpaired) electrons. The predicted octanol–water partition coefficient (Wildman–Crippen LogP) is 3.88. The molecule has 7 atom stereocenters. The minimum absolute atomic E-state index is 0.00637. The van der Waals surface area contributed by atoms with E-state index < -0.39 is 0 Å². The molecular formula is C15H22BrClO2. The zero-order valence-corrected chi connectivity index (χ0v) is 14.3. The van der Waals surface area contributed by atoms with Gasteiger partial charge in [-0.05, 0) is 26.7 Å². The summed E-state index contributed by atoms with van der Waals surface area (Å²) in [5, 5.41) is 0. The topological polar surface area (TPSA) is 21.8 Å². The Hall–Kier alpha value is 0.690. The summed E-state index contributed by atoms with van der Waals surface area (Å²) in [5.74, 6) is 0. The zero-order valence-electron chi connectivity index (χ0n) is 12.0. The van der Waals surface area contributed by atoms with Crippen molar-refractivity contribution in [3.8, 4) is 0 Å². The van der Waals surface area contributed by atoms with Gasteiger partial charge in [-0.3, -0.25) is 0 Å². The molecule has 2 aliphatic heterocycles. The summed E-state index contributed by atoms with van der Waals surface area (Å²) in [6.45, 7) is 9.18. The first-order valence-electron chi connectivity index (χ1n) is 7.31. The molecule has 4 heteroatoms. The van der Waals surface area contributed by atoms with E-state index in [1.54, 1.807) is 0 Å². The van der Waals surface area contributed by atoms with Crippen LogP contribution in [0, 0.1) is 10.8 Å². The quantitative estimate of drug-likeness (QED) is 0.489. The monoisotopic (exact) mass is 348 g/mol. The molecule has 4 fully saturated rings. The van der Waals surface area contributed by atoms with Crippen molar-refractivity contribution < 1.29 is 9.47 Å². The van der Waals surface area contributed by atoms with Crippen LogP contribution >= 0.6 is 27.5 Å². The van der Waals surface area contributed by atoms with Gasteiger partial charge in [-0.2, -0.15) is 0 Å². The molecule has 108 valence electrons. The molecule has 2 heterocycles. The highest BCUT2D eigenvalue weighted by molar-refractivity contribution is 9.09. The highest BCUT2D eigenvalue weighted by atomic mass is 79.9. The Labute approximate surface area is 128 Å². The number of hydrogen-bond acceptors (Lipinski definition) is 2. The van der Waals surface area contributed by atoms with Gasteiger partial charge in [-0.25, -0.2) is 0 Å². The molecule has 0 aromatic heterocycles. The summed E-state index contributed by atoms with van der Waals surface area (Å²) in [5.41, 5.74) is 0.266. The molecular weight excluding hydrogens is 328 g/mol. The summed E-state index contributed by atoms with van der Waals surface area (Å²) in [6.07, 6.45) is 3.97. The molecule has 4 aliphatic rings. The molecule has 2 saturated carbocycles. The number of hydrogen-bond donors (Lipinski definition) is 0. The van der Waals surface area contributed by atoms with Gasteiger partial charge in [0.15, 0.2) is 0 Å². The Morgan fingerprint density at radius 3 is 2.42 bits per heavy atom. The third-order valence-corrected chi connectivity index (χ3v) is 8.85. The number of rotatable bonds is 0. The van der Waals surface area contributed by atoms with Crippen LogP contribution in [-0.4, -0.2) is 33.6 Å². The van der Waals surface area contributed by atoms with Crippen molar-refractivity contribution in [2.24, 2.45) is 10.8 Å². The molecule has 0 aromatic carbocycles. The van der Waals surface area contributed by atoms with Crippen LogP contribution in [-0.2, 0) is 9.47 Å². The van der Waals surface area contributed by atoms with Crippen molar-refractivity contribution in [1.82, 2.24) is 0 Å². The highest BCUT2D eigenvalue weighted by Gasteiger charge is 2.82. The second-order valence-electron chi connectivity index (χ2n) is 7.91. The van der Waals surface area contributed by atoms with Crippen LogP contribution in [0.1, 0.15) is 47.0 Å². The third kappa shape index (κ3) is 1.28. The van der Waals surface area contributed by atoms with Crippen LogP contribution in [0.2, 0.25) is 0 Å². The van der Waals surface area contributed by atoms with E-state index in [2.05, 4.69) is 43.6 Å². The summed E-state index contributed by atoms with van der Waals surface area (Å²) in [6, 6.07) is 0. The first-order valence-corrected chi connectivity index (χ1v) is 8.61. The highest BCUT2D eigenvalue weighted by Crippen LogP contribution is 2.75. The molecule has 0 amide bonds. The number of epoxide rings is 1. The standard InChI is InChI=1S/C15H22BrClO2/c1-12(2)9-5-10-14(4,19-10)15(12)6-8(16)13(3,17)7-11(15)18-9/h8-11H,5-7H2,1-4H3/t8-,9?,10+,11?,13+,14+,15+/m1/s1. The molecule has 19 heavy (non-hydrogen) atoms. The van der Waals surface area contributed by atoms with Crippen molar-refractivity contribution in [2.75, 3.05) is 0 Å². The third-order valence-electron chi connectivity index (χ3n) is 6.83. The van der Waals surface area contributed by atoms with Crippen LogP contribution in [0.15, 0.2) is 0 Å². The lowest BCUT2D eigenvalue weighted by Crippen LogP contribution is -2.62. The molecule has 0 aromatic rings. The van der Waals surface area contributed by atoms with Crippen molar-refractivity contribution in [3.63, 3.8) is 0 Å². The Morgan fingerprint density at radius 1 is 1.05 bits per heavy atom. The molecule has 2 bridgehead atoms. The summed E-state index contributed by atoms with van der Waals surface area (Å²) >= 11 is 10.6. The fraction of sp³-hybridized carbons (Fsp3) is 1.00. The maximum atomic E-state index is 6.71. The molecule has 4 rings (SSSR count). The van der Waals surface area contributed by atoms with E-state index >= 15 is 0 Å². The second kappa shape index (κ2) is 3.37. The summed E-state index contributed by atoms with van der Waals surface area (Å²) in [7, 11) is 0. The lowest BCUT2D eigenvalue weighted by atomic mass is 9.47. The molecule has 2 aliphatic carbocycles. The van der Waals surface area contributed by atoms with E-state index in [1.807, 2.05) is 0 Å². The number of fused-ring (bicyclic) bond motifs is 2. The largest absolute Gasteiger partial charge is 0.374 e. The van der Waals surface area contributed by atoms with Crippen LogP contribution < -0.4 is 0 Å². The predicted molar refractivity (Wildman–Crippen MR) is 79.0 cm³/mol. The van der Waals surface area contributed by atoms with Crippen LogP contribution in [0.25, 0.3) is 0 Å². The first-order chi connectivity index (χ1) is 8.65. The van der Waals surface area contributed by atoms with Crippen LogP contribution in [0.4, 0.5) is 0 Å². The van der Waals surface area contributed by atoms with Gasteiger partial charge < -0.3 is 9.47 Å². The Morgan fingerprint density at radius 2 is 1.74 bits per heavy atom. The molecule has 0 N–H and O–H groups in total. The maximum absolute atomic E-state index is 6.71. The Balaban J connectivity index is 1.85. The number of alkyl halides is 2. The van der Waals surface area contributed by atoms with E-state index in [0.717, 1.165) is 19.3 Å². The second-order valence-corrected chi connectivity index (χ2v) is 9.88. The molecule has 1 spiro atoms. The van der Waals surface area contributed by atoms with Gasteiger partial charge in [0.05, 0.1) is 23.2 Å². The molecule has 2 unspecified atom stereocenters. The van der Waals surface area contributed by atoms with Crippen molar-refractivity contribution in [3.05, 3.63) is 0 Å². The SMILES string of the molecule is CC1(C)C2C[C@@H]3O[C@]3(C)[C@]13C[C@@H](Br)[C@@](C)(Cl)CC3O2. The fourth-order valence-corrected chi connectivity index (χ4v) is 6.34. The molecule has 2 nitrogen and oxygen atoms in total. The van der Waals surface area contributed by atoms with Gasteiger partial charge in [-0.15, -0.1) is 11.6 Å². The van der Waals surface area contributed by atoms with Gasteiger partial charge in [0, 0.05) is 22.1 Å². The summed E-state index contributed by atoms with van der Waals surface area (Å²) in [4.78, 5) is 0.101. The normalized spacial score (nSPS) is 65.4. The lowest BCUT2D eigenvalue weighted by molar-refractivity contribution is -0.0597. The number of ether oxygens (including phenoxy) is 2. The maximum Gasteiger partial charge on any atom is 0.101 e. The van der Waals surface area contributed by atoms with Gasteiger partial charge in [0.25, 0.3) is 0 Å². The van der Waals surface area contributed by atoms with Crippen molar-refractivity contribution >= 4 is 27.5 Å². The van der Waals surface area contributed by atoms with Crippen LogP contribution in [0.3, 0.4) is 0 Å². The van der Waals surface area contributed by atoms with E-state index in [1.165, 1.54) is 0 Å². The average Bonchev–Trinajstić information content (AvgIpc) is 2.88. The Kier molecular flexibility index (Phi) is 2.37. The van der Waals surface area contributed by atoms with E-state index in [4.69, 9.17) is 21.1 Å². The van der Waals surface area contributed by atoms with Gasteiger partial charge in [0.2, 0.25) is 0 Å². The van der Waals surface area contributed by atoms with Crippen LogP contribution in [0.5, 0.6) is 0 Å². The van der Waals surface area contributed by atoms with E-state index in [-0.39, 0.29) is 27.4 Å². The average molecular weight is 350 g/mol.